The number of para-hydroxylation sites is 2. The second kappa shape index (κ2) is 6.65. The number of anilines is 1. The Balaban J connectivity index is 1.24. The first-order chi connectivity index (χ1) is 11.8. The van der Waals surface area contributed by atoms with E-state index >= 15 is 0 Å². The lowest BCUT2D eigenvalue weighted by molar-refractivity contribution is 0.252. The molecule has 2 aromatic heterocycles. The third-order valence-electron chi connectivity index (χ3n) is 4.59. The molecule has 0 saturated carbocycles. The van der Waals surface area contributed by atoms with Crippen molar-refractivity contribution in [1.82, 2.24) is 20.1 Å². The first-order valence-corrected chi connectivity index (χ1v) is 8.62. The van der Waals surface area contributed by atoms with Crippen LogP contribution in [0.2, 0.25) is 0 Å². The molecule has 0 radical (unpaired) electrons. The molecule has 24 heavy (non-hydrogen) atoms. The fourth-order valence-electron chi connectivity index (χ4n) is 3.25. The fraction of sp³-hybridized carbons (Fsp3) is 0.444. The van der Waals surface area contributed by atoms with Crippen molar-refractivity contribution in [2.75, 3.05) is 37.6 Å². The molecule has 1 saturated heterocycles. The average molecular weight is 325 g/mol. The van der Waals surface area contributed by atoms with Gasteiger partial charge in [0.25, 0.3) is 0 Å². The smallest absolute Gasteiger partial charge is 0.195 e. The van der Waals surface area contributed by atoms with Crippen molar-refractivity contribution in [1.29, 1.82) is 0 Å². The van der Waals surface area contributed by atoms with Crippen molar-refractivity contribution in [3.8, 4) is 0 Å². The normalized spacial score (nSPS) is 16.1. The van der Waals surface area contributed by atoms with Gasteiger partial charge >= 0.3 is 0 Å². The molecule has 0 aliphatic carbocycles. The van der Waals surface area contributed by atoms with Crippen LogP contribution >= 0.6 is 0 Å². The highest BCUT2D eigenvalue weighted by Crippen LogP contribution is 2.17. The maximum atomic E-state index is 5.79. The van der Waals surface area contributed by atoms with Crippen molar-refractivity contribution in [3.63, 3.8) is 0 Å². The molecule has 1 aliphatic heterocycles. The zero-order valence-electron chi connectivity index (χ0n) is 14.0. The molecule has 0 spiro atoms. The molecule has 0 amide bonds. The van der Waals surface area contributed by atoms with Crippen molar-refractivity contribution in [3.05, 3.63) is 41.9 Å². The summed E-state index contributed by atoms with van der Waals surface area (Å²) in [5, 5.41) is 7.37. The highest BCUT2D eigenvalue weighted by molar-refractivity contribution is 5.72. The van der Waals surface area contributed by atoms with Gasteiger partial charge in [-0.1, -0.05) is 12.1 Å². The number of benzene rings is 1. The summed E-state index contributed by atoms with van der Waals surface area (Å²) < 4.78 is 5.79. The summed E-state index contributed by atoms with van der Waals surface area (Å²) in [6, 6.07) is 10.1. The molecule has 3 aromatic rings. The summed E-state index contributed by atoms with van der Waals surface area (Å²) >= 11 is 0. The average Bonchev–Trinajstić information content (AvgIpc) is 3.21. The van der Waals surface area contributed by atoms with Crippen LogP contribution in [0.4, 0.5) is 5.82 Å². The number of nitrogens with one attached hydrogen (secondary N) is 1. The third-order valence-corrected chi connectivity index (χ3v) is 4.59. The van der Waals surface area contributed by atoms with Gasteiger partial charge in [-0.05, 0) is 32.0 Å². The maximum Gasteiger partial charge on any atom is 0.195 e. The predicted molar refractivity (Wildman–Crippen MR) is 94.3 cm³/mol. The standard InChI is InChI=1S/C18H23N5O/c1-14-13-17(21-20-14)23-11-9-22(10-12-23)8-4-7-18-19-15-5-2-3-6-16(15)24-18/h2-3,5-6,13H,4,7-12H2,1H3,(H,20,21). The molecule has 3 heterocycles. The van der Waals surface area contributed by atoms with E-state index in [9.17, 15) is 0 Å². The van der Waals surface area contributed by atoms with Gasteiger partial charge < -0.3 is 9.32 Å². The molecular weight excluding hydrogens is 302 g/mol. The molecule has 4 rings (SSSR count). The number of aromatic nitrogens is 3. The van der Waals surface area contributed by atoms with Gasteiger partial charge in [0.15, 0.2) is 17.3 Å². The van der Waals surface area contributed by atoms with E-state index in [4.69, 9.17) is 4.42 Å². The summed E-state index contributed by atoms with van der Waals surface area (Å²) in [5.41, 5.74) is 2.96. The van der Waals surface area contributed by atoms with Crippen LogP contribution in [0.25, 0.3) is 11.1 Å². The van der Waals surface area contributed by atoms with Gasteiger partial charge in [-0.3, -0.25) is 10.00 Å². The van der Waals surface area contributed by atoms with E-state index in [0.717, 1.165) is 74.1 Å². The van der Waals surface area contributed by atoms with Crippen LogP contribution in [0.5, 0.6) is 0 Å². The summed E-state index contributed by atoms with van der Waals surface area (Å²) in [7, 11) is 0. The summed E-state index contributed by atoms with van der Waals surface area (Å²) in [6.45, 7) is 7.37. The SMILES string of the molecule is Cc1cc(N2CCN(CCCc3nc4ccccc4o3)CC2)n[nH]1. The van der Waals surface area contributed by atoms with E-state index in [2.05, 4.69) is 31.0 Å². The number of oxazole rings is 1. The van der Waals surface area contributed by atoms with E-state index < -0.39 is 0 Å². The van der Waals surface area contributed by atoms with Gasteiger partial charge in [-0.2, -0.15) is 5.10 Å². The van der Waals surface area contributed by atoms with Crippen molar-refractivity contribution < 1.29 is 4.42 Å². The highest BCUT2D eigenvalue weighted by atomic mass is 16.3. The zero-order chi connectivity index (χ0) is 16.4. The van der Waals surface area contributed by atoms with Crippen LogP contribution in [0.1, 0.15) is 18.0 Å². The molecule has 1 fully saturated rings. The molecular formula is C18H23N5O. The van der Waals surface area contributed by atoms with Gasteiger partial charge in [0, 0.05) is 44.4 Å². The predicted octanol–water partition coefficient (Wildman–Crippen LogP) is 2.61. The summed E-state index contributed by atoms with van der Waals surface area (Å²) in [5.74, 6) is 1.92. The molecule has 1 aliphatic rings. The number of fused-ring (bicyclic) bond motifs is 1. The Morgan fingerprint density at radius 1 is 1.17 bits per heavy atom. The minimum atomic E-state index is 0.849. The molecule has 0 bridgehead atoms. The van der Waals surface area contributed by atoms with Crippen LogP contribution in [0.15, 0.2) is 34.7 Å². The lowest BCUT2D eigenvalue weighted by atomic mass is 10.2. The Hall–Kier alpha value is -2.34. The van der Waals surface area contributed by atoms with E-state index in [0.29, 0.717) is 0 Å². The number of rotatable bonds is 5. The van der Waals surface area contributed by atoms with E-state index in [-0.39, 0.29) is 0 Å². The fourth-order valence-corrected chi connectivity index (χ4v) is 3.25. The van der Waals surface area contributed by atoms with Gasteiger partial charge in [-0.25, -0.2) is 4.98 Å². The maximum absolute atomic E-state index is 5.79. The minimum Gasteiger partial charge on any atom is -0.441 e. The van der Waals surface area contributed by atoms with Gasteiger partial charge in [0.2, 0.25) is 0 Å². The molecule has 1 aromatic carbocycles. The van der Waals surface area contributed by atoms with Gasteiger partial charge in [-0.15, -0.1) is 0 Å². The third kappa shape index (κ3) is 3.28. The van der Waals surface area contributed by atoms with Crippen LogP contribution in [-0.4, -0.2) is 52.8 Å². The minimum absolute atomic E-state index is 0.849. The quantitative estimate of drug-likeness (QED) is 0.781. The van der Waals surface area contributed by atoms with E-state index in [1.54, 1.807) is 0 Å². The van der Waals surface area contributed by atoms with E-state index in [1.807, 2.05) is 31.2 Å². The van der Waals surface area contributed by atoms with E-state index in [1.165, 1.54) is 0 Å². The molecule has 6 heteroatoms. The lowest BCUT2D eigenvalue weighted by Crippen LogP contribution is -2.46. The zero-order valence-corrected chi connectivity index (χ0v) is 14.0. The van der Waals surface area contributed by atoms with Crippen LogP contribution in [-0.2, 0) is 6.42 Å². The second-order valence-corrected chi connectivity index (χ2v) is 6.42. The highest BCUT2D eigenvalue weighted by Gasteiger charge is 2.18. The number of hydrogen-bond acceptors (Lipinski definition) is 5. The Labute approximate surface area is 141 Å². The largest absolute Gasteiger partial charge is 0.441 e. The first-order valence-electron chi connectivity index (χ1n) is 8.62. The Morgan fingerprint density at radius 3 is 2.75 bits per heavy atom. The summed E-state index contributed by atoms with van der Waals surface area (Å²) in [4.78, 5) is 9.40. The van der Waals surface area contributed by atoms with Crippen LogP contribution in [0.3, 0.4) is 0 Å². The van der Waals surface area contributed by atoms with Gasteiger partial charge in [0.05, 0.1) is 0 Å². The molecule has 0 unspecified atom stereocenters. The Kier molecular flexibility index (Phi) is 4.21. The van der Waals surface area contributed by atoms with Gasteiger partial charge in [0.1, 0.15) is 5.52 Å². The number of aryl methyl sites for hydroxylation is 2. The monoisotopic (exact) mass is 325 g/mol. The number of hydrogen-bond donors (Lipinski definition) is 1. The molecule has 0 atom stereocenters. The molecule has 6 nitrogen and oxygen atoms in total. The molecule has 126 valence electrons. The Morgan fingerprint density at radius 2 is 2.00 bits per heavy atom. The lowest BCUT2D eigenvalue weighted by Gasteiger charge is -2.34. The van der Waals surface area contributed by atoms with Crippen molar-refractivity contribution in [2.24, 2.45) is 0 Å². The van der Waals surface area contributed by atoms with Crippen LogP contribution in [0, 0.1) is 6.92 Å². The van der Waals surface area contributed by atoms with Crippen LogP contribution < -0.4 is 4.90 Å². The summed E-state index contributed by atoms with van der Waals surface area (Å²) in [6.07, 6.45) is 1.97. The number of piperazine rings is 1. The number of aromatic amines is 1. The second-order valence-electron chi connectivity index (χ2n) is 6.42. The van der Waals surface area contributed by atoms with Crippen molar-refractivity contribution >= 4 is 16.9 Å². The van der Waals surface area contributed by atoms with Crippen molar-refractivity contribution in [2.45, 2.75) is 19.8 Å². The molecule has 1 N–H and O–H groups in total. The number of H-pyrrole nitrogens is 1. The Bertz CT molecular complexity index is 767. The number of nitrogens with zero attached hydrogens (tertiary/aromatic N) is 4. The topological polar surface area (TPSA) is 61.2 Å². The first kappa shape index (κ1) is 15.2.